The van der Waals surface area contributed by atoms with E-state index in [9.17, 15) is 0 Å². The topological polar surface area (TPSA) is 0 Å². The number of hydrogen-bond donors (Lipinski definition) is 0. The van der Waals surface area contributed by atoms with Crippen LogP contribution in [0, 0.1) is 0 Å². The Hall–Kier alpha value is 0.270. The Labute approximate surface area is 208 Å². The van der Waals surface area contributed by atoms with E-state index in [0.29, 0.717) is 10.9 Å². The number of rotatable bonds is 24. The average Bonchev–Trinajstić information content (AvgIpc) is 2.81. The van der Waals surface area contributed by atoms with Crippen molar-refractivity contribution in [2.75, 3.05) is 69.6 Å². The zero-order valence-electron chi connectivity index (χ0n) is 23.9. The Kier molecular flexibility index (Phi) is 20.8. The van der Waals surface area contributed by atoms with Crippen LogP contribution in [0.4, 0.5) is 0 Å². The fraction of sp³-hybridized carbons (Fsp3) is 1.00. The van der Waals surface area contributed by atoms with Crippen molar-refractivity contribution in [1.29, 1.82) is 0 Å². The van der Waals surface area contributed by atoms with Gasteiger partial charge in [-0.15, -0.1) is 0 Å². The van der Waals surface area contributed by atoms with Gasteiger partial charge in [0.25, 0.3) is 0 Å². The van der Waals surface area contributed by atoms with E-state index in [1.165, 1.54) is 149 Å². The van der Waals surface area contributed by atoms with Crippen LogP contribution in [-0.4, -0.2) is 78.6 Å². The lowest BCUT2D eigenvalue weighted by molar-refractivity contribution is -0.925. The first-order valence-electron chi connectivity index (χ1n) is 14.8. The molecule has 0 aliphatic rings. The van der Waals surface area contributed by atoms with E-state index in [1.807, 2.05) is 0 Å². The fourth-order valence-electron chi connectivity index (χ4n) is 5.69. The van der Waals surface area contributed by atoms with Crippen molar-refractivity contribution >= 4 is 10.9 Å². The fourth-order valence-corrected chi connectivity index (χ4v) is 8.11. The zero-order valence-corrected chi connectivity index (χ0v) is 24.7. The molecule has 194 valence electrons. The smallest absolute Gasteiger partial charge is 0.108 e. The lowest BCUT2D eigenvalue weighted by Crippen LogP contribution is -2.48. The van der Waals surface area contributed by atoms with Gasteiger partial charge in [-0.25, -0.2) is 0 Å². The maximum atomic E-state index is 2.39. The summed E-state index contributed by atoms with van der Waals surface area (Å²) in [6.45, 7) is 27.5. The van der Waals surface area contributed by atoms with Crippen molar-refractivity contribution in [3.05, 3.63) is 0 Å². The van der Waals surface area contributed by atoms with Crippen molar-refractivity contribution in [3.8, 4) is 0 Å². The van der Waals surface area contributed by atoms with Crippen LogP contribution >= 0.6 is 0 Å². The highest BCUT2D eigenvalue weighted by molar-refractivity contribution is 7.96. The zero-order chi connectivity index (χ0) is 24.1. The molecule has 0 aromatic heterocycles. The van der Waals surface area contributed by atoms with Crippen molar-refractivity contribution in [2.45, 2.75) is 119 Å². The summed E-state index contributed by atoms with van der Waals surface area (Å²) in [6, 6.07) is 0. The summed E-state index contributed by atoms with van der Waals surface area (Å²) in [7, 11) is 0.710. The first-order valence-corrected chi connectivity index (χ1v) is 16.6. The number of nitrogens with zero attached hydrogens (tertiary/aromatic N) is 2. The van der Waals surface area contributed by atoms with Gasteiger partial charge in [0.05, 0.1) is 52.4 Å². The van der Waals surface area contributed by atoms with E-state index in [4.69, 9.17) is 0 Å². The van der Waals surface area contributed by atoms with Gasteiger partial charge in [0, 0.05) is 0 Å². The maximum Gasteiger partial charge on any atom is 0.108 e. The van der Waals surface area contributed by atoms with E-state index in [-0.39, 0.29) is 0 Å². The highest BCUT2D eigenvalue weighted by atomic mass is 32.2. The molecule has 0 N–H and O–H groups in total. The van der Waals surface area contributed by atoms with Gasteiger partial charge in [-0.1, -0.05) is 20.8 Å². The lowest BCUT2D eigenvalue weighted by atomic mass is 10.1. The van der Waals surface area contributed by atoms with Crippen LogP contribution in [0.15, 0.2) is 0 Å². The number of unbranched alkanes of at least 4 members (excludes halogenated alkanes) is 6. The summed E-state index contributed by atoms with van der Waals surface area (Å²) >= 11 is 0. The van der Waals surface area contributed by atoms with E-state index in [2.05, 4.69) is 48.5 Å². The van der Waals surface area contributed by atoms with Crippen molar-refractivity contribution in [1.82, 2.24) is 0 Å². The molecule has 32 heavy (non-hydrogen) atoms. The second-order valence-electron chi connectivity index (χ2n) is 10.4. The van der Waals surface area contributed by atoms with E-state index in [1.54, 1.807) is 0 Å². The van der Waals surface area contributed by atoms with Crippen LogP contribution in [0.25, 0.3) is 0 Å². The lowest BCUT2D eigenvalue weighted by Gasteiger charge is -2.36. The SMILES string of the molecule is CCC[S+](CCCCCC[N+](CC)(CC)CCC)CCCCCC[N+](CC)(CC)CCC. The minimum atomic E-state index is 0.710. The second-order valence-corrected chi connectivity index (χ2v) is 12.8. The Bertz CT molecular complexity index is 357. The molecule has 0 radical (unpaired) electrons. The molecule has 0 amide bonds. The predicted molar refractivity (Wildman–Crippen MR) is 152 cm³/mol. The first-order chi connectivity index (χ1) is 15.5. The van der Waals surface area contributed by atoms with Crippen molar-refractivity contribution in [2.24, 2.45) is 0 Å². The van der Waals surface area contributed by atoms with Crippen molar-refractivity contribution < 1.29 is 8.97 Å². The van der Waals surface area contributed by atoms with Crippen LogP contribution in [0.1, 0.15) is 119 Å². The average molecular weight is 474 g/mol. The first kappa shape index (κ1) is 32.3. The minimum absolute atomic E-state index is 0.710. The van der Waals surface area contributed by atoms with Gasteiger partial charge < -0.3 is 8.97 Å². The number of hydrogen-bond acceptors (Lipinski definition) is 0. The van der Waals surface area contributed by atoms with Gasteiger partial charge in [-0.2, -0.15) is 0 Å². The molecule has 0 atom stereocenters. The van der Waals surface area contributed by atoms with Crippen LogP contribution in [-0.2, 0) is 10.9 Å². The van der Waals surface area contributed by atoms with Gasteiger partial charge in [-0.05, 0) is 109 Å². The summed E-state index contributed by atoms with van der Waals surface area (Å²) in [6.07, 6.45) is 15.8. The van der Waals surface area contributed by atoms with Gasteiger partial charge in [-0.3, -0.25) is 0 Å². The van der Waals surface area contributed by atoms with Gasteiger partial charge >= 0.3 is 0 Å². The molecule has 0 saturated carbocycles. The summed E-state index contributed by atoms with van der Waals surface area (Å²) < 4.78 is 2.71. The Morgan fingerprint density at radius 3 is 1.06 bits per heavy atom. The van der Waals surface area contributed by atoms with E-state index in [0.717, 1.165) is 0 Å². The molecule has 0 aliphatic carbocycles. The molecule has 3 heteroatoms. The van der Waals surface area contributed by atoms with Gasteiger partial charge in [0.1, 0.15) is 17.3 Å². The van der Waals surface area contributed by atoms with Crippen LogP contribution in [0.5, 0.6) is 0 Å². The summed E-state index contributed by atoms with van der Waals surface area (Å²) in [5, 5.41) is 0. The molecular formula is C29H65N2S+3. The molecular weight excluding hydrogens is 408 g/mol. The van der Waals surface area contributed by atoms with E-state index < -0.39 is 0 Å². The van der Waals surface area contributed by atoms with Crippen LogP contribution in [0.3, 0.4) is 0 Å². The molecule has 2 nitrogen and oxygen atoms in total. The highest BCUT2D eigenvalue weighted by Gasteiger charge is 2.22. The van der Waals surface area contributed by atoms with Crippen LogP contribution < -0.4 is 0 Å². The Balaban J connectivity index is 4.01. The van der Waals surface area contributed by atoms with Gasteiger partial charge in [0.15, 0.2) is 0 Å². The normalized spacial score (nSPS) is 12.8. The maximum absolute atomic E-state index is 2.39. The summed E-state index contributed by atoms with van der Waals surface area (Å²) in [4.78, 5) is 0. The Morgan fingerprint density at radius 2 is 0.750 bits per heavy atom. The third-order valence-corrected chi connectivity index (χ3v) is 10.9. The highest BCUT2D eigenvalue weighted by Crippen LogP contribution is 2.15. The third-order valence-electron chi connectivity index (χ3n) is 8.20. The standard InChI is InChI=1S/C29H65N2S/c1-8-23-30(11-4,12-5)25-19-15-17-21-28-32(27-10-3)29-22-18-16-20-26-31(13-6,14-7)24-9-2/h8-29H2,1-7H3/q+3. The molecule has 0 heterocycles. The molecule has 0 fully saturated rings. The van der Waals surface area contributed by atoms with E-state index >= 15 is 0 Å². The molecule has 0 unspecified atom stereocenters. The predicted octanol–water partition coefficient (Wildman–Crippen LogP) is 7.67. The third kappa shape index (κ3) is 13.9. The van der Waals surface area contributed by atoms with Crippen LogP contribution in [0.2, 0.25) is 0 Å². The molecule has 0 aliphatic heterocycles. The molecule has 0 bridgehead atoms. The Morgan fingerprint density at radius 1 is 0.375 bits per heavy atom. The molecule has 0 rings (SSSR count). The van der Waals surface area contributed by atoms with Gasteiger partial charge in [0.2, 0.25) is 0 Å². The summed E-state index contributed by atoms with van der Waals surface area (Å²) in [5.74, 6) is 4.53. The molecule has 0 saturated heterocycles. The summed E-state index contributed by atoms with van der Waals surface area (Å²) in [5.41, 5.74) is 0. The second kappa shape index (κ2) is 20.6. The van der Waals surface area contributed by atoms with Crippen molar-refractivity contribution in [3.63, 3.8) is 0 Å². The molecule has 0 aromatic rings. The number of quaternary nitrogens is 2. The molecule has 0 aromatic carbocycles. The molecule has 0 spiro atoms. The largest absolute Gasteiger partial charge is 0.324 e. The minimum Gasteiger partial charge on any atom is -0.324 e. The monoisotopic (exact) mass is 473 g/mol. The quantitative estimate of drug-likeness (QED) is 0.0766.